The molecule has 0 atom stereocenters. The number of fused-ring (bicyclic) bond motifs is 4. The van der Waals surface area contributed by atoms with Crippen LogP contribution in [0.2, 0.25) is 0 Å². The Morgan fingerprint density at radius 3 is 2.53 bits per heavy atom. The first kappa shape index (κ1) is 21.1. The van der Waals surface area contributed by atoms with E-state index in [0.29, 0.717) is 13.0 Å². The third-order valence-corrected chi connectivity index (χ3v) is 7.75. The molecule has 0 unspecified atom stereocenters. The molecule has 0 amide bonds. The number of allylic oxidation sites excluding steroid dienone is 1. The fourth-order valence-corrected chi connectivity index (χ4v) is 5.02. The van der Waals surface area contributed by atoms with Crippen molar-refractivity contribution >= 4 is 39.0 Å². The van der Waals surface area contributed by atoms with E-state index in [1.54, 1.807) is 0 Å². The first-order chi connectivity index (χ1) is 14.4. The van der Waals surface area contributed by atoms with E-state index in [0.717, 1.165) is 68.3 Å². The fraction of sp³-hybridized carbons (Fsp3) is 0.400. The van der Waals surface area contributed by atoms with E-state index in [2.05, 4.69) is 66.7 Å². The Balaban J connectivity index is 1.67. The number of nitrogens with zero attached hydrogens (tertiary/aromatic N) is 2. The molecule has 30 heavy (non-hydrogen) atoms. The van der Waals surface area contributed by atoms with E-state index in [1.807, 2.05) is 13.0 Å². The van der Waals surface area contributed by atoms with Gasteiger partial charge in [-0.25, -0.2) is 0 Å². The van der Waals surface area contributed by atoms with Crippen molar-refractivity contribution in [3.8, 4) is 5.75 Å². The molecule has 0 fully saturated rings. The summed E-state index contributed by atoms with van der Waals surface area (Å²) < 4.78 is 8.18. The first-order valence-electron chi connectivity index (χ1n) is 10.7. The van der Waals surface area contributed by atoms with Crippen molar-refractivity contribution in [3.05, 3.63) is 61.3 Å². The summed E-state index contributed by atoms with van der Waals surface area (Å²) in [6.45, 7) is 14.2. The molecule has 0 bridgehead atoms. The number of benzene rings is 2. The Labute approximate surface area is 187 Å². The Morgan fingerprint density at radius 2 is 1.83 bits per heavy atom. The zero-order chi connectivity index (χ0) is 21.6. The molecular weight excluding hydrogens is 440 g/mol. The minimum Gasteiger partial charge on any atom is -0.618 e. The predicted octanol–water partition coefficient (Wildman–Crippen LogP) is 5.79. The molecule has 2 aromatic carbocycles. The van der Waals surface area contributed by atoms with Gasteiger partial charge in [-0.15, -0.1) is 0 Å². The van der Waals surface area contributed by atoms with Gasteiger partial charge in [0.1, 0.15) is 12.4 Å². The Kier molecular flexibility index (Phi) is 5.78. The van der Waals surface area contributed by atoms with Gasteiger partial charge in [0.15, 0.2) is 0 Å². The van der Waals surface area contributed by atoms with Gasteiger partial charge < -0.3 is 14.8 Å². The maximum atomic E-state index is 13.3. The number of rotatable bonds is 6. The second-order valence-electron chi connectivity index (χ2n) is 8.12. The van der Waals surface area contributed by atoms with Crippen molar-refractivity contribution < 1.29 is 9.48 Å². The zero-order valence-corrected chi connectivity index (χ0v) is 20.0. The van der Waals surface area contributed by atoms with Crippen LogP contribution in [0.1, 0.15) is 47.2 Å². The van der Waals surface area contributed by atoms with Crippen molar-refractivity contribution in [1.82, 2.24) is 4.90 Å². The van der Waals surface area contributed by atoms with E-state index >= 15 is 0 Å². The third-order valence-electron chi connectivity index (χ3n) is 6.56. The molecule has 1 aliphatic carbocycles. The summed E-state index contributed by atoms with van der Waals surface area (Å²) in [6, 6.07) is 6.25. The van der Waals surface area contributed by atoms with Crippen molar-refractivity contribution in [2.75, 3.05) is 26.2 Å². The molecule has 2 aromatic rings. The highest BCUT2D eigenvalue weighted by Gasteiger charge is 2.38. The molecule has 1 heterocycles. The van der Waals surface area contributed by atoms with Crippen LogP contribution in [0.25, 0.3) is 11.6 Å². The summed E-state index contributed by atoms with van der Waals surface area (Å²) in [6.07, 6.45) is 2.80. The highest BCUT2D eigenvalue weighted by atomic mass is 79.9. The summed E-state index contributed by atoms with van der Waals surface area (Å²) in [5.41, 5.74) is 9.47. The van der Waals surface area contributed by atoms with Crippen LogP contribution in [-0.2, 0) is 6.42 Å². The molecule has 5 heteroatoms. The quantitative estimate of drug-likeness (QED) is 0.397. The smallest absolute Gasteiger partial charge is 0.229 e. The Hall–Kier alpha value is -2.11. The summed E-state index contributed by atoms with van der Waals surface area (Å²) >= 11 is 3.68. The molecule has 0 saturated carbocycles. The molecule has 4 nitrogen and oxygen atoms in total. The lowest BCUT2D eigenvalue weighted by Crippen LogP contribution is -2.27. The Bertz CT molecular complexity index is 1080. The number of likely N-dealkylation sites (N-methyl/N-ethyl adjacent to an activating group) is 1. The Morgan fingerprint density at radius 1 is 1.10 bits per heavy atom. The summed E-state index contributed by atoms with van der Waals surface area (Å²) in [5.74, 6) is 0.872. The van der Waals surface area contributed by atoms with E-state index in [-0.39, 0.29) is 0 Å². The lowest BCUT2D eigenvalue weighted by atomic mass is 9.85. The number of hydrogen-bond acceptors (Lipinski definition) is 3. The van der Waals surface area contributed by atoms with Gasteiger partial charge >= 0.3 is 0 Å². The summed E-state index contributed by atoms with van der Waals surface area (Å²) in [5, 5.41) is 13.3. The molecule has 0 saturated heterocycles. The highest BCUT2D eigenvalue weighted by molar-refractivity contribution is 9.10. The molecular formula is C25H29BrN2O2. The average Bonchev–Trinajstić information content (AvgIpc) is 3.04. The van der Waals surface area contributed by atoms with Crippen LogP contribution in [-0.4, -0.2) is 41.6 Å². The molecule has 0 radical (unpaired) electrons. The molecule has 158 valence electrons. The van der Waals surface area contributed by atoms with Gasteiger partial charge in [-0.3, -0.25) is 0 Å². The largest absolute Gasteiger partial charge is 0.618 e. The van der Waals surface area contributed by atoms with Gasteiger partial charge in [0, 0.05) is 16.6 Å². The van der Waals surface area contributed by atoms with Crippen LogP contribution in [0.4, 0.5) is 5.69 Å². The SMILES string of the molecule is CCN(CC)CCOc1ccc2c(c1)CC1=[N+]([O-])c3c(C)c(Br)c(C)c(C)c3C1=C2. The predicted molar refractivity (Wildman–Crippen MR) is 128 cm³/mol. The van der Waals surface area contributed by atoms with Crippen LogP contribution in [0.15, 0.2) is 22.7 Å². The normalized spacial score (nSPS) is 14.6. The van der Waals surface area contributed by atoms with Gasteiger partial charge in [0.05, 0.1) is 17.6 Å². The fourth-order valence-electron chi connectivity index (χ4n) is 4.53. The molecule has 4 rings (SSSR count). The van der Waals surface area contributed by atoms with Gasteiger partial charge in [-0.1, -0.05) is 19.9 Å². The van der Waals surface area contributed by atoms with Gasteiger partial charge in [-0.2, -0.15) is 4.74 Å². The third kappa shape index (κ3) is 3.38. The lowest BCUT2D eigenvalue weighted by molar-refractivity contribution is -0.358. The molecule has 0 aromatic heterocycles. The van der Waals surface area contributed by atoms with Crippen molar-refractivity contribution in [1.29, 1.82) is 0 Å². The van der Waals surface area contributed by atoms with Crippen LogP contribution in [0, 0.1) is 26.0 Å². The molecule has 0 spiro atoms. The second kappa shape index (κ2) is 8.20. The van der Waals surface area contributed by atoms with Crippen LogP contribution >= 0.6 is 15.9 Å². The molecule has 1 aliphatic heterocycles. The maximum absolute atomic E-state index is 13.3. The van der Waals surface area contributed by atoms with Crippen molar-refractivity contribution in [2.45, 2.75) is 41.0 Å². The zero-order valence-electron chi connectivity index (χ0n) is 18.4. The van der Waals surface area contributed by atoms with Gasteiger partial charge in [0.2, 0.25) is 11.4 Å². The van der Waals surface area contributed by atoms with Crippen LogP contribution in [0.5, 0.6) is 5.75 Å². The first-order valence-corrected chi connectivity index (χ1v) is 11.5. The minimum atomic E-state index is 0.627. The summed E-state index contributed by atoms with van der Waals surface area (Å²) in [7, 11) is 0. The monoisotopic (exact) mass is 468 g/mol. The van der Waals surface area contributed by atoms with E-state index in [4.69, 9.17) is 4.74 Å². The van der Waals surface area contributed by atoms with Gasteiger partial charge in [-0.05, 0) is 90.3 Å². The van der Waals surface area contributed by atoms with E-state index < -0.39 is 0 Å². The standard InChI is InChI=1S/C25H29BrN2O2/c1-6-27(7-2)10-11-30-20-9-8-18-13-21-22(14-19(18)12-20)28(29)25-17(5)24(26)16(4)15(3)23(21)25/h8-9,12-13H,6-7,10-11,14H2,1-5H3. The second-order valence-corrected chi connectivity index (χ2v) is 8.92. The van der Waals surface area contributed by atoms with Crippen molar-refractivity contribution in [3.63, 3.8) is 0 Å². The van der Waals surface area contributed by atoms with Gasteiger partial charge in [0.25, 0.3) is 0 Å². The number of hydrogen-bond donors (Lipinski definition) is 0. The number of halogens is 1. The topological polar surface area (TPSA) is 38.5 Å². The lowest BCUT2D eigenvalue weighted by Gasteiger charge is -2.19. The van der Waals surface area contributed by atoms with Crippen molar-refractivity contribution in [2.24, 2.45) is 0 Å². The minimum absolute atomic E-state index is 0.627. The molecule has 2 aliphatic rings. The highest BCUT2D eigenvalue weighted by Crippen LogP contribution is 2.46. The summed E-state index contributed by atoms with van der Waals surface area (Å²) in [4.78, 5) is 2.35. The van der Waals surface area contributed by atoms with Crippen LogP contribution < -0.4 is 4.74 Å². The van der Waals surface area contributed by atoms with Crippen LogP contribution in [0.3, 0.4) is 0 Å². The van der Waals surface area contributed by atoms with E-state index in [1.165, 1.54) is 16.7 Å². The number of ether oxygens (including phenoxy) is 1. The maximum Gasteiger partial charge on any atom is 0.229 e. The average molecular weight is 469 g/mol. The van der Waals surface area contributed by atoms with E-state index in [9.17, 15) is 5.21 Å². The molecule has 0 N–H and O–H groups in total.